The number of piperazine rings is 1. The number of nitrogens with one attached hydrogen (secondary N) is 1. The van der Waals surface area contributed by atoms with Crippen LogP contribution in [0.3, 0.4) is 0 Å². The maximum atomic E-state index is 11.7. The maximum absolute atomic E-state index is 11.7. The van der Waals surface area contributed by atoms with Gasteiger partial charge in [0.1, 0.15) is 0 Å². The SMILES string of the molecule is N#CCc1cccc(N2CCNCC2=O)c1. The predicted molar refractivity (Wildman–Crippen MR) is 61.0 cm³/mol. The molecule has 1 amide bonds. The number of hydrogen-bond donors (Lipinski definition) is 1. The Morgan fingerprint density at radius 2 is 2.38 bits per heavy atom. The number of anilines is 1. The second-order valence-corrected chi connectivity index (χ2v) is 3.73. The molecular formula is C12H13N3O. The molecule has 0 aromatic heterocycles. The fraction of sp³-hybridized carbons (Fsp3) is 0.333. The van der Waals surface area contributed by atoms with Crippen LogP contribution in [0.25, 0.3) is 0 Å². The summed E-state index contributed by atoms with van der Waals surface area (Å²) in [5.41, 5.74) is 1.84. The maximum Gasteiger partial charge on any atom is 0.240 e. The molecule has 1 fully saturated rings. The minimum Gasteiger partial charge on any atom is -0.310 e. The van der Waals surface area contributed by atoms with Crippen molar-refractivity contribution >= 4 is 11.6 Å². The molecule has 1 heterocycles. The molecule has 0 spiro atoms. The Balaban J connectivity index is 2.22. The van der Waals surface area contributed by atoms with Crippen LogP contribution in [0.4, 0.5) is 5.69 Å². The molecule has 0 saturated carbocycles. The summed E-state index contributed by atoms with van der Waals surface area (Å²) in [5, 5.41) is 11.7. The molecule has 0 atom stereocenters. The van der Waals surface area contributed by atoms with Crippen molar-refractivity contribution in [3.05, 3.63) is 29.8 Å². The highest BCUT2D eigenvalue weighted by molar-refractivity contribution is 5.95. The first-order chi connectivity index (χ1) is 7.81. The van der Waals surface area contributed by atoms with E-state index < -0.39 is 0 Å². The van der Waals surface area contributed by atoms with Gasteiger partial charge in [0, 0.05) is 18.8 Å². The van der Waals surface area contributed by atoms with E-state index in [1.54, 1.807) is 4.90 Å². The Bertz CT molecular complexity index is 436. The molecule has 4 heteroatoms. The Kier molecular flexibility index (Phi) is 3.18. The van der Waals surface area contributed by atoms with Crippen molar-refractivity contribution in [3.63, 3.8) is 0 Å². The van der Waals surface area contributed by atoms with E-state index in [0.717, 1.165) is 17.8 Å². The number of rotatable bonds is 2. The fourth-order valence-corrected chi connectivity index (χ4v) is 1.81. The Morgan fingerprint density at radius 3 is 3.12 bits per heavy atom. The van der Waals surface area contributed by atoms with E-state index in [-0.39, 0.29) is 5.91 Å². The average molecular weight is 215 g/mol. The number of hydrogen-bond acceptors (Lipinski definition) is 3. The zero-order chi connectivity index (χ0) is 11.4. The van der Waals surface area contributed by atoms with E-state index in [0.29, 0.717) is 19.5 Å². The molecule has 0 radical (unpaired) electrons. The van der Waals surface area contributed by atoms with Crippen molar-refractivity contribution in [2.75, 3.05) is 24.5 Å². The van der Waals surface area contributed by atoms with Gasteiger partial charge in [0.05, 0.1) is 19.0 Å². The van der Waals surface area contributed by atoms with Crippen molar-refractivity contribution in [2.24, 2.45) is 0 Å². The zero-order valence-corrected chi connectivity index (χ0v) is 8.94. The van der Waals surface area contributed by atoms with Crippen molar-refractivity contribution in [1.82, 2.24) is 5.32 Å². The lowest BCUT2D eigenvalue weighted by molar-refractivity contribution is -0.118. The molecular weight excluding hydrogens is 202 g/mol. The topological polar surface area (TPSA) is 56.1 Å². The smallest absolute Gasteiger partial charge is 0.240 e. The molecule has 0 bridgehead atoms. The first-order valence-electron chi connectivity index (χ1n) is 5.28. The highest BCUT2D eigenvalue weighted by atomic mass is 16.2. The third kappa shape index (κ3) is 2.20. The van der Waals surface area contributed by atoms with Crippen LogP contribution in [0.5, 0.6) is 0 Å². The standard InChI is InChI=1S/C12H13N3O/c13-5-4-10-2-1-3-11(8-10)15-7-6-14-9-12(15)16/h1-3,8,14H,4,6-7,9H2. The van der Waals surface area contributed by atoms with Crippen LogP contribution in [-0.2, 0) is 11.2 Å². The van der Waals surface area contributed by atoms with Crippen LogP contribution in [0.1, 0.15) is 5.56 Å². The minimum absolute atomic E-state index is 0.0837. The second kappa shape index (κ2) is 4.77. The summed E-state index contributed by atoms with van der Waals surface area (Å²) in [5.74, 6) is 0.0837. The molecule has 0 aliphatic carbocycles. The highest BCUT2D eigenvalue weighted by Crippen LogP contribution is 2.17. The van der Waals surface area contributed by atoms with E-state index in [2.05, 4.69) is 11.4 Å². The summed E-state index contributed by atoms with van der Waals surface area (Å²) in [6.07, 6.45) is 0.383. The van der Waals surface area contributed by atoms with Gasteiger partial charge in [-0.25, -0.2) is 0 Å². The van der Waals surface area contributed by atoms with Gasteiger partial charge in [-0.3, -0.25) is 4.79 Å². The molecule has 82 valence electrons. The number of nitriles is 1. The molecule has 1 aromatic rings. The average Bonchev–Trinajstić information content (AvgIpc) is 2.30. The number of benzene rings is 1. The van der Waals surface area contributed by atoms with Gasteiger partial charge in [-0.15, -0.1) is 0 Å². The van der Waals surface area contributed by atoms with Crippen LogP contribution in [0, 0.1) is 11.3 Å². The van der Waals surface area contributed by atoms with Gasteiger partial charge in [0.15, 0.2) is 0 Å². The summed E-state index contributed by atoms with van der Waals surface area (Å²) >= 11 is 0. The summed E-state index contributed by atoms with van der Waals surface area (Å²) in [4.78, 5) is 13.4. The lowest BCUT2D eigenvalue weighted by Gasteiger charge is -2.27. The van der Waals surface area contributed by atoms with Crippen LogP contribution in [0.15, 0.2) is 24.3 Å². The molecule has 0 unspecified atom stereocenters. The van der Waals surface area contributed by atoms with E-state index in [1.165, 1.54) is 0 Å². The third-order valence-corrected chi connectivity index (χ3v) is 2.59. The Morgan fingerprint density at radius 1 is 1.50 bits per heavy atom. The van der Waals surface area contributed by atoms with Gasteiger partial charge >= 0.3 is 0 Å². The number of carbonyl (C=O) groups is 1. The predicted octanol–water partition coefficient (Wildman–Crippen LogP) is 0.689. The highest BCUT2D eigenvalue weighted by Gasteiger charge is 2.18. The van der Waals surface area contributed by atoms with Crippen LogP contribution < -0.4 is 10.2 Å². The summed E-state index contributed by atoms with van der Waals surface area (Å²) in [6.45, 7) is 1.89. The molecule has 4 nitrogen and oxygen atoms in total. The molecule has 1 N–H and O–H groups in total. The summed E-state index contributed by atoms with van der Waals surface area (Å²) in [6, 6.07) is 9.71. The number of nitrogens with zero attached hydrogens (tertiary/aromatic N) is 2. The van der Waals surface area contributed by atoms with Crippen molar-refractivity contribution in [1.29, 1.82) is 5.26 Å². The molecule has 1 aliphatic heterocycles. The zero-order valence-electron chi connectivity index (χ0n) is 8.94. The number of carbonyl (C=O) groups excluding carboxylic acids is 1. The van der Waals surface area contributed by atoms with Gasteiger partial charge < -0.3 is 10.2 Å². The van der Waals surface area contributed by atoms with Crippen molar-refractivity contribution < 1.29 is 4.79 Å². The van der Waals surface area contributed by atoms with Crippen molar-refractivity contribution in [2.45, 2.75) is 6.42 Å². The van der Waals surface area contributed by atoms with Crippen LogP contribution in [-0.4, -0.2) is 25.5 Å². The third-order valence-electron chi connectivity index (χ3n) is 2.59. The van der Waals surface area contributed by atoms with Gasteiger partial charge in [-0.05, 0) is 17.7 Å². The Labute approximate surface area is 94.5 Å². The summed E-state index contributed by atoms with van der Waals surface area (Å²) < 4.78 is 0. The van der Waals surface area contributed by atoms with E-state index in [9.17, 15) is 4.79 Å². The minimum atomic E-state index is 0.0837. The molecule has 16 heavy (non-hydrogen) atoms. The lowest BCUT2D eigenvalue weighted by Crippen LogP contribution is -2.48. The molecule has 1 aromatic carbocycles. The van der Waals surface area contributed by atoms with Gasteiger partial charge in [0.2, 0.25) is 5.91 Å². The van der Waals surface area contributed by atoms with E-state index in [1.807, 2.05) is 24.3 Å². The largest absolute Gasteiger partial charge is 0.310 e. The number of amides is 1. The first kappa shape index (κ1) is 10.7. The fourth-order valence-electron chi connectivity index (χ4n) is 1.81. The van der Waals surface area contributed by atoms with E-state index >= 15 is 0 Å². The quantitative estimate of drug-likeness (QED) is 0.789. The van der Waals surface area contributed by atoms with Gasteiger partial charge in [-0.2, -0.15) is 5.26 Å². The molecule has 1 saturated heterocycles. The Hall–Kier alpha value is -1.86. The van der Waals surface area contributed by atoms with Crippen molar-refractivity contribution in [3.8, 4) is 6.07 Å². The second-order valence-electron chi connectivity index (χ2n) is 3.73. The molecule has 2 rings (SSSR count). The lowest BCUT2D eigenvalue weighted by atomic mass is 10.1. The van der Waals surface area contributed by atoms with Gasteiger partial charge in [0.25, 0.3) is 0 Å². The van der Waals surface area contributed by atoms with E-state index in [4.69, 9.17) is 5.26 Å². The first-order valence-corrected chi connectivity index (χ1v) is 5.28. The monoisotopic (exact) mass is 215 g/mol. The van der Waals surface area contributed by atoms with Crippen LogP contribution in [0.2, 0.25) is 0 Å². The summed E-state index contributed by atoms with van der Waals surface area (Å²) in [7, 11) is 0. The van der Waals surface area contributed by atoms with Crippen LogP contribution >= 0.6 is 0 Å². The molecule has 1 aliphatic rings. The van der Waals surface area contributed by atoms with Gasteiger partial charge in [-0.1, -0.05) is 12.1 Å². The normalized spacial score (nSPS) is 15.9.